The minimum atomic E-state index is -0.161. The molecule has 1 heterocycles. The summed E-state index contributed by atoms with van der Waals surface area (Å²) in [5.41, 5.74) is 1.19. The van der Waals surface area contributed by atoms with Crippen LogP contribution in [0.25, 0.3) is 0 Å². The van der Waals surface area contributed by atoms with Gasteiger partial charge in [-0.05, 0) is 18.2 Å². The molecule has 108 valence electrons. The van der Waals surface area contributed by atoms with Crippen LogP contribution in [0.15, 0.2) is 24.3 Å². The van der Waals surface area contributed by atoms with Gasteiger partial charge >= 0.3 is 0 Å². The molecule has 2 amide bonds. The maximum absolute atomic E-state index is 12.0. The molecular weight excluding hydrogens is 274 g/mol. The Morgan fingerprint density at radius 3 is 3.00 bits per heavy atom. The molecule has 20 heavy (non-hydrogen) atoms. The first-order chi connectivity index (χ1) is 9.69. The van der Waals surface area contributed by atoms with E-state index in [1.807, 2.05) is 11.8 Å². The van der Waals surface area contributed by atoms with Gasteiger partial charge in [0.25, 0.3) is 5.91 Å². The third-order valence-electron chi connectivity index (χ3n) is 3.07. The lowest BCUT2D eigenvalue weighted by Crippen LogP contribution is -2.39. The Labute approximate surface area is 122 Å². The fraction of sp³-hybridized carbons (Fsp3) is 0.429. The van der Waals surface area contributed by atoms with E-state index in [1.165, 1.54) is 0 Å². The highest BCUT2D eigenvalue weighted by molar-refractivity contribution is 7.99. The molecule has 0 aliphatic carbocycles. The second-order valence-electron chi connectivity index (χ2n) is 4.64. The Morgan fingerprint density at radius 2 is 2.30 bits per heavy atom. The van der Waals surface area contributed by atoms with E-state index in [4.69, 9.17) is 0 Å². The van der Waals surface area contributed by atoms with Gasteiger partial charge in [0.2, 0.25) is 5.91 Å². The SMILES string of the molecule is CNC(=O)c1cccc(NC(=O)CC2CSCCN2)c1. The van der Waals surface area contributed by atoms with Crippen molar-refractivity contribution in [1.82, 2.24) is 10.6 Å². The molecule has 0 spiro atoms. The number of carbonyl (C=O) groups is 2. The summed E-state index contributed by atoms with van der Waals surface area (Å²) in [4.78, 5) is 23.5. The van der Waals surface area contributed by atoms with Crippen LogP contribution in [0.1, 0.15) is 16.8 Å². The van der Waals surface area contributed by atoms with Gasteiger partial charge in [0.1, 0.15) is 0 Å². The molecule has 1 aromatic rings. The maximum Gasteiger partial charge on any atom is 0.251 e. The normalized spacial score (nSPS) is 18.4. The summed E-state index contributed by atoms with van der Waals surface area (Å²) in [6.45, 7) is 0.953. The van der Waals surface area contributed by atoms with Crippen LogP contribution in [-0.2, 0) is 4.79 Å². The number of nitrogens with one attached hydrogen (secondary N) is 3. The Bertz CT molecular complexity index is 487. The number of benzene rings is 1. The van der Waals surface area contributed by atoms with Crippen LogP contribution in [0.2, 0.25) is 0 Å². The number of carbonyl (C=O) groups excluding carboxylic acids is 2. The second kappa shape index (κ2) is 7.31. The molecule has 0 saturated carbocycles. The molecule has 1 aliphatic rings. The molecule has 1 fully saturated rings. The van der Waals surface area contributed by atoms with E-state index >= 15 is 0 Å². The summed E-state index contributed by atoms with van der Waals surface area (Å²) in [6.07, 6.45) is 0.456. The molecule has 0 bridgehead atoms. The predicted octanol–water partition coefficient (Wildman–Crippen LogP) is 1.08. The fourth-order valence-electron chi connectivity index (χ4n) is 2.07. The van der Waals surface area contributed by atoms with Crippen molar-refractivity contribution in [2.75, 3.05) is 30.4 Å². The van der Waals surface area contributed by atoms with Crippen LogP contribution in [0.4, 0.5) is 5.69 Å². The Morgan fingerprint density at radius 1 is 1.45 bits per heavy atom. The topological polar surface area (TPSA) is 70.2 Å². The largest absolute Gasteiger partial charge is 0.355 e. The van der Waals surface area contributed by atoms with E-state index in [0.717, 1.165) is 18.1 Å². The van der Waals surface area contributed by atoms with Gasteiger partial charge in [-0.25, -0.2) is 0 Å². The van der Waals surface area contributed by atoms with Crippen molar-refractivity contribution in [2.45, 2.75) is 12.5 Å². The van der Waals surface area contributed by atoms with Crippen LogP contribution in [-0.4, -0.2) is 43.0 Å². The smallest absolute Gasteiger partial charge is 0.251 e. The number of hydrogen-bond acceptors (Lipinski definition) is 4. The number of amides is 2. The number of hydrogen-bond donors (Lipinski definition) is 3. The first-order valence-electron chi connectivity index (χ1n) is 6.62. The molecule has 5 nitrogen and oxygen atoms in total. The summed E-state index contributed by atoms with van der Waals surface area (Å²) < 4.78 is 0. The van der Waals surface area contributed by atoms with Crippen molar-refractivity contribution in [3.05, 3.63) is 29.8 Å². The van der Waals surface area contributed by atoms with Crippen molar-refractivity contribution >= 4 is 29.3 Å². The molecule has 0 aromatic heterocycles. The van der Waals surface area contributed by atoms with Gasteiger partial charge in [-0.1, -0.05) is 6.07 Å². The first-order valence-corrected chi connectivity index (χ1v) is 7.77. The lowest BCUT2D eigenvalue weighted by Gasteiger charge is -2.22. The van der Waals surface area contributed by atoms with Crippen molar-refractivity contribution in [1.29, 1.82) is 0 Å². The van der Waals surface area contributed by atoms with Crippen LogP contribution < -0.4 is 16.0 Å². The molecule has 6 heteroatoms. The summed E-state index contributed by atoms with van der Waals surface area (Å²) in [6, 6.07) is 7.17. The standard InChI is InChI=1S/C14H19N3O2S/c1-15-14(19)10-3-2-4-11(7-10)17-13(18)8-12-9-20-6-5-16-12/h2-4,7,12,16H,5-6,8-9H2,1H3,(H,15,19)(H,17,18). The van der Waals surface area contributed by atoms with Gasteiger partial charge in [0.05, 0.1) is 0 Å². The van der Waals surface area contributed by atoms with Crippen LogP contribution in [0.3, 0.4) is 0 Å². The zero-order valence-corrected chi connectivity index (χ0v) is 12.3. The zero-order chi connectivity index (χ0) is 14.4. The fourth-order valence-corrected chi connectivity index (χ4v) is 3.02. The molecule has 3 N–H and O–H groups in total. The van der Waals surface area contributed by atoms with Gasteiger partial charge in [-0.3, -0.25) is 9.59 Å². The van der Waals surface area contributed by atoms with Gasteiger partial charge < -0.3 is 16.0 Å². The number of anilines is 1. The van der Waals surface area contributed by atoms with E-state index in [9.17, 15) is 9.59 Å². The minimum absolute atomic E-state index is 0.0287. The number of thioether (sulfide) groups is 1. The summed E-state index contributed by atoms with van der Waals surface area (Å²) in [7, 11) is 1.58. The average Bonchev–Trinajstić information content (AvgIpc) is 2.47. The molecule has 1 saturated heterocycles. The molecule has 2 rings (SSSR count). The summed E-state index contributed by atoms with van der Waals surface area (Å²) >= 11 is 1.87. The van der Waals surface area contributed by atoms with E-state index in [2.05, 4.69) is 16.0 Å². The quantitative estimate of drug-likeness (QED) is 0.777. The van der Waals surface area contributed by atoms with Crippen molar-refractivity contribution in [3.8, 4) is 0 Å². The monoisotopic (exact) mass is 293 g/mol. The lowest BCUT2D eigenvalue weighted by molar-refractivity contribution is -0.116. The second-order valence-corrected chi connectivity index (χ2v) is 5.79. The summed E-state index contributed by atoms with van der Waals surface area (Å²) in [5, 5.41) is 8.73. The number of rotatable bonds is 4. The molecule has 1 unspecified atom stereocenters. The predicted molar refractivity (Wildman–Crippen MR) is 82.2 cm³/mol. The third-order valence-corrected chi connectivity index (χ3v) is 4.20. The van der Waals surface area contributed by atoms with Crippen molar-refractivity contribution in [2.24, 2.45) is 0 Å². The lowest BCUT2D eigenvalue weighted by atomic mass is 10.1. The summed E-state index contributed by atoms with van der Waals surface area (Å²) in [5.74, 6) is 1.88. The van der Waals surface area contributed by atoms with Gasteiger partial charge in [0.15, 0.2) is 0 Å². The van der Waals surface area contributed by atoms with Crippen LogP contribution in [0, 0.1) is 0 Å². The zero-order valence-electron chi connectivity index (χ0n) is 11.4. The maximum atomic E-state index is 12.0. The highest BCUT2D eigenvalue weighted by Crippen LogP contribution is 2.13. The van der Waals surface area contributed by atoms with Gasteiger partial charge in [0, 0.05) is 48.8 Å². The highest BCUT2D eigenvalue weighted by atomic mass is 32.2. The molecule has 0 radical (unpaired) electrons. The molecular formula is C14H19N3O2S. The average molecular weight is 293 g/mol. The van der Waals surface area contributed by atoms with Gasteiger partial charge in [-0.2, -0.15) is 11.8 Å². The van der Waals surface area contributed by atoms with E-state index in [-0.39, 0.29) is 17.9 Å². The van der Waals surface area contributed by atoms with Crippen molar-refractivity contribution < 1.29 is 9.59 Å². The molecule has 1 aliphatic heterocycles. The Balaban J connectivity index is 1.91. The van der Waals surface area contributed by atoms with Crippen molar-refractivity contribution in [3.63, 3.8) is 0 Å². The third kappa shape index (κ3) is 4.25. The molecule has 1 atom stereocenters. The highest BCUT2D eigenvalue weighted by Gasteiger charge is 2.16. The van der Waals surface area contributed by atoms with Crippen LogP contribution in [0.5, 0.6) is 0 Å². The van der Waals surface area contributed by atoms with E-state index in [1.54, 1.807) is 31.3 Å². The van der Waals surface area contributed by atoms with Crippen LogP contribution >= 0.6 is 11.8 Å². The van der Waals surface area contributed by atoms with E-state index < -0.39 is 0 Å². The first kappa shape index (κ1) is 14.9. The Hall–Kier alpha value is -1.53. The molecule has 1 aromatic carbocycles. The van der Waals surface area contributed by atoms with E-state index in [0.29, 0.717) is 17.7 Å². The van der Waals surface area contributed by atoms with Gasteiger partial charge in [-0.15, -0.1) is 0 Å². The Kier molecular flexibility index (Phi) is 5.43. The minimum Gasteiger partial charge on any atom is -0.355 e.